The smallest absolute Gasteiger partial charge is 0.337 e. The first kappa shape index (κ1) is 19.0. The predicted octanol–water partition coefficient (Wildman–Crippen LogP) is 4.30. The van der Waals surface area contributed by atoms with E-state index in [2.05, 4.69) is 18.4 Å². The van der Waals surface area contributed by atoms with Crippen molar-refractivity contribution in [2.24, 2.45) is 0 Å². The molecule has 0 spiro atoms. The fourth-order valence-corrected chi connectivity index (χ4v) is 5.13. The van der Waals surface area contributed by atoms with Crippen LogP contribution in [-0.2, 0) is 21.7 Å². The van der Waals surface area contributed by atoms with Crippen molar-refractivity contribution in [1.82, 2.24) is 4.90 Å². The summed E-state index contributed by atoms with van der Waals surface area (Å²) in [5.74, 6) is 1.11. The number of methoxy groups -OCH3 is 1. The van der Waals surface area contributed by atoms with Crippen LogP contribution in [0.4, 0.5) is 0 Å². The van der Waals surface area contributed by atoms with Crippen LogP contribution in [0.25, 0.3) is 0 Å². The molecule has 4 nitrogen and oxygen atoms in total. The summed E-state index contributed by atoms with van der Waals surface area (Å²) in [6.45, 7) is 2.97. The van der Waals surface area contributed by atoms with Gasteiger partial charge in [-0.05, 0) is 47.5 Å². The molecule has 0 bridgehead atoms. The molecular formula is C20H23NO3S2. The van der Waals surface area contributed by atoms with Crippen LogP contribution in [0.5, 0.6) is 0 Å². The Balaban J connectivity index is 1.53. The van der Waals surface area contributed by atoms with Gasteiger partial charge >= 0.3 is 5.97 Å². The summed E-state index contributed by atoms with van der Waals surface area (Å²) in [5, 5.41) is 2.13. The second-order valence-corrected chi connectivity index (χ2v) is 8.23. The molecule has 0 saturated carbocycles. The standard InChI is InChI=1S/C20H23NO3S2/c1-3-17-16-9-11-26-18(16)8-10-21(17)19(22)13-25-12-14-4-6-15(7-5-14)20(23)24-2/h4-7,9,11,17H,3,8,10,12-13H2,1-2H3. The number of hydrogen-bond donors (Lipinski definition) is 0. The summed E-state index contributed by atoms with van der Waals surface area (Å²) in [6, 6.07) is 9.74. The molecule has 0 saturated heterocycles. The highest BCUT2D eigenvalue weighted by Crippen LogP contribution is 2.35. The van der Waals surface area contributed by atoms with Crippen molar-refractivity contribution in [3.63, 3.8) is 0 Å². The molecule has 6 heteroatoms. The number of carbonyl (C=O) groups is 2. The Labute approximate surface area is 162 Å². The van der Waals surface area contributed by atoms with Crippen LogP contribution in [0, 0.1) is 0 Å². The van der Waals surface area contributed by atoms with Gasteiger partial charge in [-0.2, -0.15) is 0 Å². The third-order valence-electron chi connectivity index (χ3n) is 4.67. The first-order chi connectivity index (χ1) is 12.6. The SMILES string of the molecule is CCC1c2ccsc2CCN1C(=O)CSCc1ccc(C(=O)OC)cc1. The van der Waals surface area contributed by atoms with Crippen molar-refractivity contribution < 1.29 is 14.3 Å². The zero-order chi connectivity index (χ0) is 18.5. The third-order valence-corrected chi connectivity index (χ3v) is 6.66. The summed E-state index contributed by atoms with van der Waals surface area (Å²) in [5.41, 5.74) is 2.98. The summed E-state index contributed by atoms with van der Waals surface area (Å²) < 4.78 is 4.70. The molecule has 1 aromatic carbocycles. The Bertz CT molecular complexity index is 770. The Hall–Kier alpha value is -1.79. The van der Waals surface area contributed by atoms with Gasteiger partial charge in [0.25, 0.3) is 0 Å². The van der Waals surface area contributed by atoms with Gasteiger partial charge in [-0.3, -0.25) is 4.79 Å². The van der Waals surface area contributed by atoms with E-state index >= 15 is 0 Å². The highest BCUT2D eigenvalue weighted by molar-refractivity contribution is 7.99. The molecule has 1 amide bonds. The average Bonchev–Trinajstić information content (AvgIpc) is 3.15. The maximum atomic E-state index is 12.7. The minimum absolute atomic E-state index is 0.213. The third kappa shape index (κ3) is 4.13. The number of carbonyl (C=O) groups excluding carboxylic acids is 2. The number of nitrogens with zero attached hydrogens (tertiary/aromatic N) is 1. The zero-order valence-electron chi connectivity index (χ0n) is 15.1. The largest absolute Gasteiger partial charge is 0.465 e. The summed E-state index contributed by atoms with van der Waals surface area (Å²) in [6.07, 6.45) is 1.92. The monoisotopic (exact) mass is 389 g/mol. The maximum absolute atomic E-state index is 12.7. The van der Waals surface area contributed by atoms with E-state index in [1.165, 1.54) is 17.6 Å². The Morgan fingerprint density at radius 1 is 1.27 bits per heavy atom. The number of amides is 1. The Morgan fingerprint density at radius 3 is 2.73 bits per heavy atom. The normalized spacial score (nSPS) is 16.2. The molecule has 3 rings (SSSR count). The van der Waals surface area contributed by atoms with Crippen molar-refractivity contribution >= 4 is 35.0 Å². The first-order valence-corrected chi connectivity index (χ1v) is 10.8. The number of thioether (sulfide) groups is 1. The molecular weight excluding hydrogens is 366 g/mol. The lowest BCUT2D eigenvalue weighted by atomic mass is 9.98. The molecule has 1 atom stereocenters. The van der Waals surface area contributed by atoms with Crippen molar-refractivity contribution in [3.05, 3.63) is 57.3 Å². The lowest BCUT2D eigenvalue weighted by molar-refractivity contribution is -0.131. The van der Waals surface area contributed by atoms with E-state index < -0.39 is 0 Å². The number of rotatable bonds is 6. The lowest BCUT2D eigenvalue weighted by Crippen LogP contribution is -2.40. The quantitative estimate of drug-likeness (QED) is 0.691. The van der Waals surface area contributed by atoms with Gasteiger partial charge in [0.05, 0.1) is 24.5 Å². The van der Waals surface area contributed by atoms with Crippen LogP contribution < -0.4 is 0 Å². The van der Waals surface area contributed by atoms with E-state index in [4.69, 9.17) is 4.74 Å². The van der Waals surface area contributed by atoms with Crippen molar-refractivity contribution in [3.8, 4) is 0 Å². The minimum atomic E-state index is -0.331. The van der Waals surface area contributed by atoms with E-state index in [9.17, 15) is 9.59 Å². The molecule has 0 fully saturated rings. The highest BCUT2D eigenvalue weighted by atomic mass is 32.2. The molecule has 0 N–H and O–H groups in total. The second kappa shape index (κ2) is 8.73. The van der Waals surface area contributed by atoms with Gasteiger partial charge < -0.3 is 9.64 Å². The van der Waals surface area contributed by atoms with Crippen LogP contribution in [-0.4, -0.2) is 36.2 Å². The number of ether oxygens (including phenoxy) is 1. The molecule has 2 aromatic rings. The summed E-state index contributed by atoms with van der Waals surface area (Å²) in [7, 11) is 1.38. The number of hydrogen-bond acceptors (Lipinski definition) is 5. The molecule has 1 aliphatic heterocycles. The van der Waals surface area contributed by atoms with Crippen LogP contribution >= 0.6 is 23.1 Å². The molecule has 1 aromatic heterocycles. The van der Waals surface area contributed by atoms with E-state index in [0.717, 1.165) is 30.7 Å². The van der Waals surface area contributed by atoms with Crippen LogP contribution in [0.1, 0.15) is 45.7 Å². The molecule has 138 valence electrons. The molecule has 1 aliphatic rings. The van der Waals surface area contributed by atoms with Gasteiger partial charge in [-0.25, -0.2) is 4.79 Å². The lowest BCUT2D eigenvalue weighted by Gasteiger charge is -2.35. The fraction of sp³-hybridized carbons (Fsp3) is 0.400. The fourth-order valence-electron chi connectivity index (χ4n) is 3.33. The number of benzene rings is 1. The highest BCUT2D eigenvalue weighted by Gasteiger charge is 2.29. The first-order valence-electron chi connectivity index (χ1n) is 8.74. The van der Waals surface area contributed by atoms with Crippen LogP contribution in [0.2, 0.25) is 0 Å². The van der Waals surface area contributed by atoms with E-state index in [0.29, 0.717) is 11.3 Å². The molecule has 2 heterocycles. The van der Waals surface area contributed by atoms with E-state index in [1.807, 2.05) is 17.0 Å². The number of esters is 1. The van der Waals surface area contributed by atoms with Gasteiger partial charge in [0.1, 0.15) is 0 Å². The molecule has 0 aliphatic carbocycles. The number of thiophene rings is 1. The predicted molar refractivity (Wildman–Crippen MR) is 107 cm³/mol. The number of fused-ring (bicyclic) bond motifs is 1. The summed E-state index contributed by atoms with van der Waals surface area (Å²) in [4.78, 5) is 27.6. The van der Waals surface area contributed by atoms with Gasteiger partial charge in [-0.15, -0.1) is 23.1 Å². The van der Waals surface area contributed by atoms with Gasteiger partial charge in [0.15, 0.2) is 0 Å². The van der Waals surface area contributed by atoms with Crippen LogP contribution in [0.3, 0.4) is 0 Å². The topological polar surface area (TPSA) is 46.6 Å². The van der Waals surface area contributed by atoms with Crippen LogP contribution in [0.15, 0.2) is 35.7 Å². The molecule has 1 unspecified atom stereocenters. The molecule has 0 radical (unpaired) electrons. The van der Waals surface area contributed by atoms with Crippen molar-refractivity contribution in [2.45, 2.75) is 31.6 Å². The maximum Gasteiger partial charge on any atom is 0.337 e. The van der Waals surface area contributed by atoms with E-state index in [-0.39, 0.29) is 17.9 Å². The van der Waals surface area contributed by atoms with E-state index in [1.54, 1.807) is 35.2 Å². The Morgan fingerprint density at radius 2 is 2.04 bits per heavy atom. The van der Waals surface area contributed by atoms with Gasteiger partial charge in [0.2, 0.25) is 5.91 Å². The zero-order valence-corrected chi connectivity index (χ0v) is 16.7. The van der Waals surface area contributed by atoms with Crippen molar-refractivity contribution in [2.75, 3.05) is 19.4 Å². The second-order valence-electron chi connectivity index (χ2n) is 6.24. The van der Waals surface area contributed by atoms with Crippen molar-refractivity contribution in [1.29, 1.82) is 0 Å². The Kier molecular flexibility index (Phi) is 6.38. The van der Waals surface area contributed by atoms with Gasteiger partial charge in [0, 0.05) is 17.2 Å². The summed E-state index contributed by atoms with van der Waals surface area (Å²) >= 11 is 3.42. The van der Waals surface area contributed by atoms with Gasteiger partial charge in [-0.1, -0.05) is 19.1 Å². The molecule has 26 heavy (non-hydrogen) atoms. The minimum Gasteiger partial charge on any atom is -0.465 e. The average molecular weight is 390 g/mol.